The van der Waals surface area contributed by atoms with E-state index in [-0.39, 0.29) is 23.1 Å². The third-order valence-electron chi connectivity index (χ3n) is 4.56. The first-order valence-corrected chi connectivity index (χ1v) is 9.05. The molecule has 0 fully saturated rings. The van der Waals surface area contributed by atoms with E-state index in [0.717, 1.165) is 36.4 Å². The number of alkyl halides is 5. The Morgan fingerprint density at radius 2 is 1.12 bits per heavy atom. The summed E-state index contributed by atoms with van der Waals surface area (Å²) >= 11 is 0. The van der Waals surface area contributed by atoms with E-state index >= 15 is 0 Å². The largest absolute Gasteiger partial charge is 0.432 e. The Morgan fingerprint density at radius 1 is 0.656 bits per heavy atom. The smallest absolute Gasteiger partial charge is 0.429 e. The molecule has 0 aromatic heterocycles. The van der Waals surface area contributed by atoms with Gasteiger partial charge in [-0.2, -0.15) is 22.0 Å². The molecule has 0 saturated heterocycles. The molecule has 10 heteroatoms. The number of benzene rings is 3. The van der Waals surface area contributed by atoms with E-state index in [2.05, 4.69) is 4.74 Å². The summed E-state index contributed by atoms with van der Waals surface area (Å²) in [6, 6.07) is 6.30. The first kappa shape index (κ1) is 23.5. The van der Waals surface area contributed by atoms with Crippen molar-refractivity contribution >= 4 is 0 Å². The highest BCUT2D eigenvalue weighted by Crippen LogP contribution is 2.38. The Kier molecular flexibility index (Phi) is 6.17. The van der Waals surface area contributed by atoms with Crippen LogP contribution in [0.5, 0.6) is 5.75 Å². The number of halogens is 9. The molecule has 0 atom stereocenters. The third-order valence-corrected chi connectivity index (χ3v) is 4.56. The second-order valence-corrected chi connectivity index (χ2v) is 6.74. The summed E-state index contributed by atoms with van der Waals surface area (Å²) in [5.41, 5.74) is -3.79. The Morgan fingerprint density at radius 3 is 1.56 bits per heavy atom. The van der Waals surface area contributed by atoms with Gasteiger partial charge in [-0.3, -0.25) is 0 Å². The van der Waals surface area contributed by atoms with Gasteiger partial charge in [0.1, 0.15) is 40.1 Å². The topological polar surface area (TPSA) is 9.23 Å². The van der Waals surface area contributed by atoms with Crippen LogP contribution in [0.15, 0.2) is 48.5 Å². The van der Waals surface area contributed by atoms with Gasteiger partial charge in [-0.05, 0) is 59.5 Å². The summed E-state index contributed by atoms with van der Waals surface area (Å²) in [4.78, 5) is 0. The Bertz CT molecular complexity index is 1090. The molecule has 0 aliphatic heterocycles. The molecule has 0 bridgehead atoms. The second-order valence-electron chi connectivity index (χ2n) is 6.74. The molecule has 0 saturated carbocycles. The van der Waals surface area contributed by atoms with Crippen LogP contribution in [-0.4, -0.2) is 0 Å². The number of ether oxygens (including phenoxy) is 1. The van der Waals surface area contributed by atoms with Gasteiger partial charge in [-0.15, -0.1) is 0 Å². The highest BCUT2D eigenvalue weighted by Gasteiger charge is 2.41. The van der Waals surface area contributed by atoms with Crippen LogP contribution in [0.4, 0.5) is 39.5 Å². The van der Waals surface area contributed by atoms with E-state index in [1.165, 1.54) is 0 Å². The van der Waals surface area contributed by atoms with Gasteiger partial charge in [0.2, 0.25) is 0 Å². The van der Waals surface area contributed by atoms with Crippen molar-refractivity contribution in [2.75, 3.05) is 0 Å². The van der Waals surface area contributed by atoms with Crippen molar-refractivity contribution in [3.8, 4) is 16.9 Å². The Hall–Kier alpha value is -3.17. The lowest BCUT2D eigenvalue weighted by Crippen LogP contribution is -2.25. The van der Waals surface area contributed by atoms with Crippen molar-refractivity contribution in [2.24, 2.45) is 0 Å². The molecule has 0 amide bonds. The maximum atomic E-state index is 14.4. The minimum absolute atomic E-state index is 0.0168. The first-order chi connectivity index (χ1) is 14.8. The molecule has 0 aliphatic carbocycles. The fourth-order valence-corrected chi connectivity index (χ4v) is 3.03. The summed E-state index contributed by atoms with van der Waals surface area (Å²) in [7, 11) is 0. The molecule has 32 heavy (non-hydrogen) atoms. The van der Waals surface area contributed by atoms with Crippen LogP contribution in [-0.2, 0) is 18.7 Å². The van der Waals surface area contributed by atoms with Crippen molar-refractivity contribution < 1.29 is 44.3 Å². The number of aryl methyl sites for hydroxylation is 1. The molecule has 0 heterocycles. The van der Waals surface area contributed by atoms with Gasteiger partial charge in [-0.1, -0.05) is 19.1 Å². The molecule has 3 aromatic carbocycles. The van der Waals surface area contributed by atoms with E-state index in [4.69, 9.17) is 0 Å². The fourth-order valence-electron chi connectivity index (χ4n) is 3.03. The molecule has 3 rings (SSSR count). The molecule has 0 radical (unpaired) electrons. The minimum atomic E-state index is -5.24. The van der Waals surface area contributed by atoms with Gasteiger partial charge < -0.3 is 4.74 Å². The van der Waals surface area contributed by atoms with Gasteiger partial charge >= 0.3 is 12.3 Å². The van der Waals surface area contributed by atoms with E-state index < -0.39 is 52.4 Å². The summed E-state index contributed by atoms with van der Waals surface area (Å²) in [5.74, 6) is -7.25. The monoisotopic (exact) mass is 464 g/mol. The van der Waals surface area contributed by atoms with E-state index in [0.29, 0.717) is 12.1 Å². The van der Waals surface area contributed by atoms with Crippen LogP contribution in [0.2, 0.25) is 0 Å². The van der Waals surface area contributed by atoms with Gasteiger partial charge in [0, 0.05) is 0 Å². The summed E-state index contributed by atoms with van der Waals surface area (Å²) < 4.78 is 127. The predicted octanol–water partition coefficient (Wildman–Crippen LogP) is 7.62. The molecule has 0 N–H and O–H groups in total. The predicted molar refractivity (Wildman–Crippen MR) is 97.1 cm³/mol. The number of hydrogen-bond acceptors (Lipinski definition) is 1. The molecule has 0 spiro atoms. The fraction of sp³-hybridized carbons (Fsp3) is 0.182. The maximum absolute atomic E-state index is 14.4. The lowest BCUT2D eigenvalue weighted by atomic mass is 10.0. The Balaban J connectivity index is 1.88. The van der Waals surface area contributed by atoms with Gasteiger partial charge in [-0.25, -0.2) is 17.6 Å². The molecule has 3 aromatic rings. The van der Waals surface area contributed by atoms with Crippen molar-refractivity contribution in [1.29, 1.82) is 0 Å². The summed E-state index contributed by atoms with van der Waals surface area (Å²) in [6.45, 7) is 1.58. The molecule has 1 nitrogen and oxygen atoms in total. The van der Waals surface area contributed by atoms with Crippen molar-refractivity contribution in [1.82, 2.24) is 0 Å². The van der Waals surface area contributed by atoms with E-state index in [1.54, 1.807) is 6.92 Å². The number of rotatable bonds is 5. The summed E-state index contributed by atoms with van der Waals surface area (Å²) in [6.07, 6.45) is -9.42. The standard InChI is InChI=1S/C22H13F9O/c1-2-11-7-15(23)20(16(24)8-11)22(30,31)32-14-5-3-12(4-6-14)13-9-17(25)19(18(26)10-13)21(27,28)29/h3-10H,2H2,1H3. The van der Waals surface area contributed by atoms with Crippen LogP contribution in [0.25, 0.3) is 11.1 Å². The lowest BCUT2D eigenvalue weighted by molar-refractivity contribution is -0.189. The van der Waals surface area contributed by atoms with Gasteiger partial charge in [0.15, 0.2) is 0 Å². The molecular weight excluding hydrogens is 451 g/mol. The zero-order chi connectivity index (χ0) is 23.8. The van der Waals surface area contributed by atoms with Crippen LogP contribution in [0.3, 0.4) is 0 Å². The number of hydrogen-bond donors (Lipinski definition) is 0. The van der Waals surface area contributed by atoms with Crippen LogP contribution >= 0.6 is 0 Å². The molecule has 170 valence electrons. The van der Waals surface area contributed by atoms with Crippen LogP contribution in [0, 0.1) is 23.3 Å². The van der Waals surface area contributed by atoms with Gasteiger partial charge in [0.25, 0.3) is 0 Å². The normalized spacial score (nSPS) is 12.2. The second kappa shape index (κ2) is 8.40. The average molecular weight is 464 g/mol. The summed E-state index contributed by atoms with van der Waals surface area (Å²) in [5, 5.41) is 0. The van der Waals surface area contributed by atoms with Crippen molar-refractivity contribution in [3.05, 3.63) is 88.5 Å². The average Bonchev–Trinajstić information content (AvgIpc) is 2.65. The highest BCUT2D eigenvalue weighted by molar-refractivity contribution is 5.65. The van der Waals surface area contributed by atoms with E-state index in [1.807, 2.05) is 0 Å². The minimum Gasteiger partial charge on any atom is -0.429 e. The highest BCUT2D eigenvalue weighted by atomic mass is 19.4. The first-order valence-electron chi connectivity index (χ1n) is 9.05. The lowest BCUT2D eigenvalue weighted by Gasteiger charge is -2.20. The zero-order valence-corrected chi connectivity index (χ0v) is 16.1. The zero-order valence-electron chi connectivity index (χ0n) is 16.1. The van der Waals surface area contributed by atoms with Crippen molar-refractivity contribution in [2.45, 2.75) is 25.6 Å². The quantitative estimate of drug-likeness (QED) is 0.353. The SMILES string of the molecule is CCc1cc(F)c(C(F)(F)Oc2ccc(-c3cc(F)c(C(F)(F)F)c(F)c3)cc2)c(F)c1. The third kappa shape index (κ3) is 4.68. The van der Waals surface area contributed by atoms with Crippen LogP contribution < -0.4 is 4.74 Å². The van der Waals surface area contributed by atoms with Gasteiger partial charge in [0.05, 0.1) is 0 Å². The maximum Gasteiger partial charge on any atom is 0.432 e. The van der Waals surface area contributed by atoms with E-state index in [9.17, 15) is 39.5 Å². The van der Waals surface area contributed by atoms with Crippen molar-refractivity contribution in [3.63, 3.8) is 0 Å². The molecule has 0 aliphatic rings. The molecular formula is C22H13F9O. The Labute approximate surface area is 176 Å². The van der Waals surface area contributed by atoms with Crippen LogP contribution in [0.1, 0.15) is 23.6 Å². The molecule has 0 unspecified atom stereocenters.